The lowest BCUT2D eigenvalue weighted by molar-refractivity contribution is -0.238. The second-order valence-electron chi connectivity index (χ2n) is 2.86. The van der Waals surface area contributed by atoms with Gasteiger partial charge in [0.15, 0.2) is 6.29 Å². The number of hydrogen-bond acceptors (Lipinski definition) is 6. The highest BCUT2D eigenvalue weighted by molar-refractivity contribution is 4.91. The SMILES string of the molecule is NC[C@@H]1O[C@H](O)[C@H](N)[C@H](O)[C@@H]1O. The van der Waals surface area contributed by atoms with Crippen molar-refractivity contribution in [3.8, 4) is 0 Å². The minimum Gasteiger partial charge on any atom is -0.388 e. The van der Waals surface area contributed by atoms with Crippen LogP contribution in [0, 0.1) is 0 Å². The van der Waals surface area contributed by atoms with Gasteiger partial charge in [0.2, 0.25) is 0 Å². The Morgan fingerprint density at radius 3 is 2.25 bits per heavy atom. The van der Waals surface area contributed by atoms with Crippen LogP contribution in [-0.4, -0.2) is 52.5 Å². The summed E-state index contributed by atoms with van der Waals surface area (Å²) in [6.45, 7) is 0.0298. The maximum Gasteiger partial charge on any atom is 0.172 e. The summed E-state index contributed by atoms with van der Waals surface area (Å²) in [6, 6.07) is -0.984. The number of ether oxygens (including phenoxy) is 1. The van der Waals surface area contributed by atoms with E-state index in [1.54, 1.807) is 0 Å². The first-order chi connectivity index (χ1) is 5.57. The fraction of sp³-hybridized carbons (Fsp3) is 1.00. The Morgan fingerprint density at radius 2 is 1.75 bits per heavy atom. The minimum absolute atomic E-state index is 0.0298. The van der Waals surface area contributed by atoms with Crippen LogP contribution in [0.5, 0.6) is 0 Å². The summed E-state index contributed by atoms with van der Waals surface area (Å²) < 4.78 is 4.83. The zero-order chi connectivity index (χ0) is 9.30. The number of nitrogens with two attached hydrogens (primary N) is 2. The van der Waals surface area contributed by atoms with Crippen LogP contribution in [0.25, 0.3) is 0 Å². The van der Waals surface area contributed by atoms with Crippen LogP contribution < -0.4 is 11.5 Å². The predicted molar refractivity (Wildman–Crippen MR) is 39.9 cm³/mol. The van der Waals surface area contributed by atoms with Crippen molar-refractivity contribution in [3.05, 3.63) is 0 Å². The molecular formula is C6H14N2O4. The van der Waals surface area contributed by atoms with E-state index >= 15 is 0 Å². The molecule has 0 unspecified atom stereocenters. The Kier molecular flexibility index (Phi) is 2.99. The van der Waals surface area contributed by atoms with E-state index in [-0.39, 0.29) is 6.54 Å². The van der Waals surface area contributed by atoms with Gasteiger partial charge < -0.3 is 31.5 Å². The molecule has 1 rings (SSSR count). The molecule has 0 amide bonds. The van der Waals surface area contributed by atoms with Crippen LogP contribution in [0.3, 0.4) is 0 Å². The van der Waals surface area contributed by atoms with Crippen LogP contribution in [-0.2, 0) is 4.74 Å². The molecule has 1 saturated heterocycles. The molecular weight excluding hydrogens is 164 g/mol. The van der Waals surface area contributed by atoms with E-state index in [2.05, 4.69) is 0 Å². The molecule has 6 heteroatoms. The molecule has 0 spiro atoms. The highest BCUT2D eigenvalue weighted by Gasteiger charge is 2.41. The van der Waals surface area contributed by atoms with Crippen molar-refractivity contribution < 1.29 is 20.1 Å². The summed E-state index contributed by atoms with van der Waals surface area (Å²) in [7, 11) is 0. The van der Waals surface area contributed by atoms with E-state index in [0.29, 0.717) is 0 Å². The van der Waals surface area contributed by atoms with Gasteiger partial charge in [-0.3, -0.25) is 0 Å². The molecule has 0 aromatic heterocycles. The van der Waals surface area contributed by atoms with Crippen molar-refractivity contribution in [2.75, 3.05) is 6.54 Å². The van der Waals surface area contributed by atoms with Gasteiger partial charge in [-0.2, -0.15) is 0 Å². The maximum atomic E-state index is 9.28. The molecule has 1 heterocycles. The summed E-state index contributed by atoms with van der Waals surface area (Å²) in [4.78, 5) is 0. The van der Waals surface area contributed by atoms with Crippen LogP contribution in [0.15, 0.2) is 0 Å². The standard InChI is InChI=1S/C6H14N2O4/c7-1-2-4(9)5(10)3(8)6(11)12-2/h2-6,9-11H,1,7-8H2/t2-,3+,4+,5-,6-/m0/s1. The smallest absolute Gasteiger partial charge is 0.172 e. The average Bonchev–Trinajstić information content (AvgIpc) is 2.08. The van der Waals surface area contributed by atoms with Crippen molar-refractivity contribution in [1.82, 2.24) is 0 Å². The molecule has 12 heavy (non-hydrogen) atoms. The van der Waals surface area contributed by atoms with Crippen molar-refractivity contribution in [3.63, 3.8) is 0 Å². The third-order valence-electron chi connectivity index (χ3n) is 2.00. The van der Waals surface area contributed by atoms with Gasteiger partial charge in [-0.05, 0) is 0 Å². The number of aliphatic hydroxyl groups excluding tert-OH is 3. The van der Waals surface area contributed by atoms with E-state index in [9.17, 15) is 10.2 Å². The number of aliphatic hydroxyl groups is 3. The zero-order valence-electron chi connectivity index (χ0n) is 6.50. The molecule has 72 valence electrons. The average molecular weight is 178 g/mol. The lowest BCUT2D eigenvalue weighted by atomic mass is 9.98. The highest BCUT2D eigenvalue weighted by atomic mass is 16.6. The number of rotatable bonds is 1. The van der Waals surface area contributed by atoms with Crippen molar-refractivity contribution in [2.24, 2.45) is 11.5 Å². The maximum absolute atomic E-state index is 9.28. The second kappa shape index (κ2) is 3.65. The predicted octanol–water partition coefficient (Wildman–Crippen LogP) is -3.29. The summed E-state index contributed by atoms with van der Waals surface area (Å²) >= 11 is 0. The monoisotopic (exact) mass is 178 g/mol. The zero-order valence-corrected chi connectivity index (χ0v) is 6.50. The van der Waals surface area contributed by atoms with Gasteiger partial charge in [0.05, 0.1) is 6.04 Å². The first-order valence-electron chi connectivity index (χ1n) is 3.73. The van der Waals surface area contributed by atoms with Crippen molar-refractivity contribution in [1.29, 1.82) is 0 Å². The van der Waals surface area contributed by atoms with Gasteiger partial charge in [0, 0.05) is 6.54 Å². The molecule has 0 saturated carbocycles. The number of hydrogen-bond donors (Lipinski definition) is 5. The van der Waals surface area contributed by atoms with Crippen LogP contribution in [0.4, 0.5) is 0 Å². The summed E-state index contributed by atoms with van der Waals surface area (Å²) in [6.07, 6.45) is -4.34. The van der Waals surface area contributed by atoms with Gasteiger partial charge in [0.25, 0.3) is 0 Å². The van der Waals surface area contributed by atoms with E-state index in [1.165, 1.54) is 0 Å². The van der Waals surface area contributed by atoms with Crippen molar-refractivity contribution in [2.45, 2.75) is 30.6 Å². The molecule has 0 aliphatic carbocycles. The van der Waals surface area contributed by atoms with Gasteiger partial charge in [-0.25, -0.2) is 0 Å². The molecule has 6 nitrogen and oxygen atoms in total. The van der Waals surface area contributed by atoms with Crippen LogP contribution >= 0.6 is 0 Å². The molecule has 0 aromatic carbocycles. The Morgan fingerprint density at radius 1 is 1.17 bits per heavy atom. The Hall–Kier alpha value is -0.240. The minimum atomic E-state index is -1.27. The molecule has 1 aliphatic heterocycles. The first kappa shape index (κ1) is 9.85. The van der Waals surface area contributed by atoms with Crippen molar-refractivity contribution >= 4 is 0 Å². The third-order valence-corrected chi connectivity index (χ3v) is 2.00. The Labute approximate surface area is 69.7 Å². The van der Waals surface area contributed by atoms with Gasteiger partial charge in [0.1, 0.15) is 18.3 Å². The molecule has 1 aliphatic rings. The van der Waals surface area contributed by atoms with E-state index in [4.69, 9.17) is 21.3 Å². The largest absolute Gasteiger partial charge is 0.388 e. The van der Waals surface area contributed by atoms with Crippen LogP contribution in [0.2, 0.25) is 0 Å². The lowest BCUT2D eigenvalue weighted by Gasteiger charge is -2.38. The van der Waals surface area contributed by atoms with Gasteiger partial charge in [-0.15, -0.1) is 0 Å². The quantitative estimate of drug-likeness (QED) is 0.287. The van der Waals surface area contributed by atoms with Gasteiger partial charge in [-0.1, -0.05) is 0 Å². The normalized spacial score (nSPS) is 49.2. The molecule has 0 bridgehead atoms. The fourth-order valence-corrected chi connectivity index (χ4v) is 1.16. The van der Waals surface area contributed by atoms with E-state index in [0.717, 1.165) is 0 Å². The summed E-state index contributed by atoms with van der Waals surface area (Å²) in [5, 5.41) is 27.6. The highest BCUT2D eigenvalue weighted by Crippen LogP contribution is 2.17. The lowest BCUT2D eigenvalue weighted by Crippen LogP contribution is -2.62. The molecule has 0 radical (unpaired) electrons. The summed E-state index contributed by atoms with van der Waals surface area (Å²) in [5.74, 6) is 0. The third kappa shape index (κ3) is 1.58. The van der Waals surface area contributed by atoms with E-state index in [1.807, 2.05) is 0 Å². The Balaban J connectivity index is 2.63. The van der Waals surface area contributed by atoms with E-state index < -0.39 is 30.6 Å². The summed E-state index contributed by atoms with van der Waals surface area (Å²) in [5.41, 5.74) is 10.5. The fourth-order valence-electron chi connectivity index (χ4n) is 1.16. The topological polar surface area (TPSA) is 122 Å². The molecule has 7 N–H and O–H groups in total. The Bertz CT molecular complexity index is 152. The first-order valence-corrected chi connectivity index (χ1v) is 3.73. The second-order valence-corrected chi connectivity index (χ2v) is 2.86. The molecule has 5 atom stereocenters. The van der Waals surface area contributed by atoms with Gasteiger partial charge >= 0.3 is 0 Å². The van der Waals surface area contributed by atoms with Crippen LogP contribution in [0.1, 0.15) is 0 Å². The molecule has 1 fully saturated rings. The molecule has 0 aromatic rings.